The topological polar surface area (TPSA) is 53.2 Å². The highest BCUT2D eigenvalue weighted by atomic mass is 16.5. The first-order valence-corrected chi connectivity index (χ1v) is 4.08. The van der Waals surface area contributed by atoms with E-state index in [0.29, 0.717) is 17.9 Å². The maximum absolute atomic E-state index is 9.21. The first-order chi connectivity index (χ1) is 6.27. The zero-order valence-corrected chi connectivity index (χ0v) is 7.40. The van der Waals surface area contributed by atoms with Crippen molar-refractivity contribution in [2.45, 2.75) is 13.0 Å². The second-order valence-electron chi connectivity index (χ2n) is 2.54. The fourth-order valence-corrected chi connectivity index (χ4v) is 1.02. The van der Waals surface area contributed by atoms with Crippen LogP contribution in [0.3, 0.4) is 0 Å². The van der Waals surface area contributed by atoms with Gasteiger partial charge in [0.15, 0.2) is 6.10 Å². The average Bonchev–Trinajstić information content (AvgIpc) is 2.18. The molecule has 0 saturated heterocycles. The summed E-state index contributed by atoms with van der Waals surface area (Å²) in [6.45, 7) is 2.46. The maximum atomic E-state index is 9.21. The molecule has 68 valence electrons. The third-order valence-electron chi connectivity index (χ3n) is 1.61. The number of nitrogens with zero attached hydrogens (tertiary/aromatic N) is 1. The zero-order chi connectivity index (χ0) is 9.68. The number of hydrogen-bond donors (Lipinski definition) is 1. The lowest BCUT2D eigenvalue weighted by Gasteiger charge is -2.06. The van der Waals surface area contributed by atoms with Crippen LogP contribution < -0.4 is 4.74 Å². The molecule has 0 spiro atoms. The fraction of sp³-hybridized carbons (Fsp3) is 0.300. The number of hydrogen-bond acceptors (Lipinski definition) is 3. The van der Waals surface area contributed by atoms with E-state index in [1.54, 1.807) is 30.3 Å². The molecule has 3 nitrogen and oxygen atoms in total. The highest BCUT2D eigenvalue weighted by molar-refractivity contribution is 5.31. The minimum absolute atomic E-state index is 0.563. The average molecular weight is 177 g/mol. The first kappa shape index (κ1) is 9.56. The Morgan fingerprint density at radius 3 is 3.00 bits per heavy atom. The van der Waals surface area contributed by atoms with Gasteiger partial charge in [0.2, 0.25) is 0 Å². The minimum atomic E-state index is -1.07. The Hall–Kier alpha value is -1.53. The lowest BCUT2D eigenvalue weighted by atomic mass is 10.1. The van der Waals surface area contributed by atoms with E-state index in [4.69, 9.17) is 10.00 Å². The van der Waals surface area contributed by atoms with Crippen LogP contribution in [0.25, 0.3) is 0 Å². The Morgan fingerprint density at radius 2 is 2.38 bits per heavy atom. The van der Waals surface area contributed by atoms with Crippen molar-refractivity contribution >= 4 is 0 Å². The molecule has 0 saturated carbocycles. The molecule has 1 unspecified atom stereocenters. The van der Waals surface area contributed by atoms with Gasteiger partial charge < -0.3 is 9.84 Å². The minimum Gasteiger partial charge on any atom is -0.494 e. The molecule has 0 amide bonds. The third-order valence-corrected chi connectivity index (χ3v) is 1.61. The lowest BCUT2D eigenvalue weighted by molar-refractivity contribution is 0.235. The summed E-state index contributed by atoms with van der Waals surface area (Å²) in [4.78, 5) is 0. The molecule has 0 aliphatic rings. The van der Waals surface area contributed by atoms with E-state index < -0.39 is 6.10 Å². The highest BCUT2D eigenvalue weighted by Gasteiger charge is 2.05. The quantitative estimate of drug-likeness (QED) is 0.714. The number of ether oxygens (including phenoxy) is 1. The van der Waals surface area contributed by atoms with Crippen molar-refractivity contribution in [3.63, 3.8) is 0 Å². The molecule has 3 heteroatoms. The summed E-state index contributed by atoms with van der Waals surface area (Å²) in [6.07, 6.45) is -1.07. The van der Waals surface area contributed by atoms with Crippen LogP contribution in [-0.4, -0.2) is 11.7 Å². The molecule has 1 atom stereocenters. The lowest BCUT2D eigenvalue weighted by Crippen LogP contribution is -1.96. The van der Waals surface area contributed by atoms with Crippen LogP contribution in [0, 0.1) is 11.3 Å². The molecule has 1 aromatic carbocycles. The monoisotopic (exact) mass is 177 g/mol. The molecule has 1 N–H and O–H groups in total. The largest absolute Gasteiger partial charge is 0.494 e. The number of rotatable bonds is 3. The van der Waals surface area contributed by atoms with Crippen LogP contribution in [0.1, 0.15) is 18.6 Å². The predicted molar refractivity (Wildman–Crippen MR) is 48.2 cm³/mol. The number of benzene rings is 1. The van der Waals surface area contributed by atoms with E-state index in [1.807, 2.05) is 6.92 Å². The van der Waals surface area contributed by atoms with Crippen molar-refractivity contribution in [3.05, 3.63) is 29.8 Å². The van der Waals surface area contributed by atoms with Gasteiger partial charge in [0.25, 0.3) is 0 Å². The van der Waals surface area contributed by atoms with Gasteiger partial charge in [-0.1, -0.05) is 12.1 Å². The van der Waals surface area contributed by atoms with Gasteiger partial charge in [-0.2, -0.15) is 5.26 Å². The maximum Gasteiger partial charge on any atom is 0.166 e. The Kier molecular flexibility index (Phi) is 3.30. The van der Waals surface area contributed by atoms with Crippen molar-refractivity contribution in [2.75, 3.05) is 6.61 Å². The van der Waals surface area contributed by atoms with Gasteiger partial charge in [-0.25, -0.2) is 0 Å². The van der Waals surface area contributed by atoms with E-state index in [-0.39, 0.29) is 0 Å². The second kappa shape index (κ2) is 4.48. The van der Waals surface area contributed by atoms with Crippen LogP contribution in [0.15, 0.2) is 24.3 Å². The van der Waals surface area contributed by atoms with Gasteiger partial charge >= 0.3 is 0 Å². The SMILES string of the molecule is CCOc1cccc(C(O)C#N)c1. The third kappa shape index (κ3) is 2.46. The standard InChI is InChI=1S/C10H11NO2/c1-2-13-9-5-3-4-8(6-9)10(12)7-11/h3-6,10,12H,2H2,1H3. The molecule has 0 heterocycles. The van der Waals surface area contributed by atoms with Crippen LogP contribution in [0.2, 0.25) is 0 Å². The van der Waals surface area contributed by atoms with Gasteiger partial charge in [0, 0.05) is 0 Å². The number of aliphatic hydroxyl groups is 1. The van der Waals surface area contributed by atoms with Crippen molar-refractivity contribution in [1.29, 1.82) is 5.26 Å². The van der Waals surface area contributed by atoms with Crippen molar-refractivity contribution in [2.24, 2.45) is 0 Å². The second-order valence-corrected chi connectivity index (χ2v) is 2.54. The smallest absolute Gasteiger partial charge is 0.166 e. The van der Waals surface area contributed by atoms with E-state index in [0.717, 1.165) is 0 Å². The molecule has 0 aliphatic heterocycles. The van der Waals surface area contributed by atoms with Crippen LogP contribution in [0.5, 0.6) is 5.75 Å². The Morgan fingerprint density at radius 1 is 1.62 bits per heavy atom. The molecular weight excluding hydrogens is 166 g/mol. The zero-order valence-electron chi connectivity index (χ0n) is 7.40. The summed E-state index contributed by atoms with van der Waals surface area (Å²) in [5.41, 5.74) is 0.563. The molecular formula is C10H11NO2. The highest BCUT2D eigenvalue weighted by Crippen LogP contribution is 2.18. The van der Waals surface area contributed by atoms with Gasteiger partial charge in [0.05, 0.1) is 12.7 Å². The summed E-state index contributed by atoms with van der Waals surface area (Å²) in [7, 11) is 0. The summed E-state index contributed by atoms with van der Waals surface area (Å²) >= 11 is 0. The first-order valence-electron chi connectivity index (χ1n) is 4.08. The summed E-state index contributed by atoms with van der Waals surface area (Å²) < 4.78 is 5.22. The van der Waals surface area contributed by atoms with E-state index >= 15 is 0 Å². The molecule has 0 fully saturated rings. The van der Waals surface area contributed by atoms with Crippen LogP contribution in [-0.2, 0) is 0 Å². The Balaban J connectivity index is 2.86. The molecule has 0 bridgehead atoms. The molecule has 0 aliphatic carbocycles. The van der Waals surface area contributed by atoms with E-state index in [1.165, 1.54) is 0 Å². The van der Waals surface area contributed by atoms with Gasteiger partial charge in [-0.3, -0.25) is 0 Å². The fourth-order valence-electron chi connectivity index (χ4n) is 1.02. The van der Waals surface area contributed by atoms with Crippen LogP contribution >= 0.6 is 0 Å². The van der Waals surface area contributed by atoms with E-state index in [2.05, 4.69) is 0 Å². The van der Waals surface area contributed by atoms with Crippen molar-refractivity contribution in [1.82, 2.24) is 0 Å². The Bertz CT molecular complexity index is 317. The molecule has 1 rings (SSSR count). The van der Waals surface area contributed by atoms with Crippen LogP contribution in [0.4, 0.5) is 0 Å². The molecule has 0 aromatic heterocycles. The normalized spacial score (nSPS) is 11.8. The predicted octanol–water partition coefficient (Wildman–Crippen LogP) is 1.64. The van der Waals surface area contributed by atoms with Gasteiger partial charge in [-0.05, 0) is 24.6 Å². The van der Waals surface area contributed by atoms with E-state index in [9.17, 15) is 5.11 Å². The van der Waals surface area contributed by atoms with Crippen molar-refractivity contribution < 1.29 is 9.84 Å². The van der Waals surface area contributed by atoms with Gasteiger partial charge in [0.1, 0.15) is 5.75 Å². The molecule has 13 heavy (non-hydrogen) atoms. The molecule has 0 radical (unpaired) electrons. The summed E-state index contributed by atoms with van der Waals surface area (Å²) in [6, 6.07) is 8.65. The molecule has 1 aromatic rings. The Labute approximate surface area is 77.2 Å². The number of aliphatic hydroxyl groups excluding tert-OH is 1. The summed E-state index contributed by atoms with van der Waals surface area (Å²) in [5.74, 6) is 0.675. The van der Waals surface area contributed by atoms with Crippen molar-refractivity contribution in [3.8, 4) is 11.8 Å². The number of nitriles is 1. The summed E-state index contributed by atoms with van der Waals surface area (Å²) in [5, 5.41) is 17.7. The van der Waals surface area contributed by atoms with Gasteiger partial charge in [-0.15, -0.1) is 0 Å².